The van der Waals surface area contributed by atoms with E-state index >= 15 is 0 Å². The van der Waals surface area contributed by atoms with E-state index in [1.807, 2.05) is 20.8 Å². The number of hydrogen-bond acceptors (Lipinski definition) is 4. The summed E-state index contributed by atoms with van der Waals surface area (Å²) < 4.78 is 45.1. The van der Waals surface area contributed by atoms with Crippen LogP contribution >= 0.6 is 0 Å². The molecule has 0 unspecified atom stereocenters. The zero-order chi connectivity index (χ0) is 18.4. The molecule has 0 aromatic rings. The molecule has 23 heavy (non-hydrogen) atoms. The monoisotopic (exact) mass is 333 g/mol. The molecule has 7 heteroatoms. The molecule has 1 aliphatic carbocycles. The van der Waals surface area contributed by atoms with Gasteiger partial charge in [-0.25, -0.2) is 0 Å². The smallest absolute Gasteiger partial charge is 0.420 e. The molecule has 0 aliphatic heterocycles. The van der Waals surface area contributed by atoms with Gasteiger partial charge in [0.2, 0.25) is 11.6 Å². The fourth-order valence-corrected chi connectivity index (χ4v) is 3.23. The molecule has 1 aliphatic rings. The lowest BCUT2D eigenvalue weighted by molar-refractivity contribution is -0.131. The van der Waals surface area contributed by atoms with E-state index in [4.69, 9.17) is 10.5 Å². The summed E-state index contributed by atoms with van der Waals surface area (Å²) in [6.07, 6.45) is -4.70. The normalized spacial score (nSPS) is 18.0. The molecule has 0 aromatic heterocycles. The van der Waals surface area contributed by atoms with Crippen molar-refractivity contribution in [3.63, 3.8) is 0 Å². The maximum absolute atomic E-state index is 13.4. The molecule has 4 nitrogen and oxygen atoms in total. The Morgan fingerprint density at radius 2 is 1.43 bits per heavy atom. The van der Waals surface area contributed by atoms with Crippen molar-refractivity contribution in [2.75, 3.05) is 7.11 Å². The SMILES string of the molecule is COC1=C(N)C(=O)C(C(F)(F)F)=C(C(C)(C)CC(C)(C)C)C1=O. The van der Waals surface area contributed by atoms with Crippen LogP contribution in [0.3, 0.4) is 0 Å². The molecule has 2 N–H and O–H groups in total. The van der Waals surface area contributed by atoms with Crippen LogP contribution in [0.1, 0.15) is 41.0 Å². The highest BCUT2D eigenvalue weighted by Crippen LogP contribution is 2.46. The number of carbonyl (C=O) groups excluding carboxylic acids is 2. The van der Waals surface area contributed by atoms with Gasteiger partial charge in [0.1, 0.15) is 11.3 Å². The van der Waals surface area contributed by atoms with Crippen molar-refractivity contribution in [2.24, 2.45) is 16.6 Å². The first-order valence-corrected chi connectivity index (χ1v) is 7.08. The van der Waals surface area contributed by atoms with Gasteiger partial charge in [-0.2, -0.15) is 13.2 Å². The van der Waals surface area contributed by atoms with E-state index in [0.29, 0.717) is 0 Å². The molecule has 130 valence electrons. The third-order valence-corrected chi connectivity index (χ3v) is 3.54. The minimum Gasteiger partial charge on any atom is -0.491 e. The molecule has 0 aromatic carbocycles. The number of ketones is 2. The van der Waals surface area contributed by atoms with Crippen molar-refractivity contribution in [3.05, 3.63) is 22.6 Å². The number of alkyl halides is 3. The number of allylic oxidation sites excluding steroid dienone is 2. The second-order valence-electron chi connectivity index (χ2n) is 7.47. The molecular formula is C16H22F3NO3. The number of rotatable bonds is 3. The van der Waals surface area contributed by atoms with Crippen molar-refractivity contribution in [2.45, 2.75) is 47.2 Å². The van der Waals surface area contributed by atoms with Gasteiger partial charge in [0.05, 0.1) is 7.11 Å². The lowest BCUT2D eigenvalue weighted by atomic mass is 9.67. The van der Waals surface area contributed by atoms with Crippen LogP contribution in [-0.4, -0.2) is 24.9 Å². The highest BCUT2D eigenvalue weighted by molar-refractivity contribution is 6.25. The molecule has 0 saturated carbocycles. The predicted molar refractivity (Wildman–Crippen MR) is 79.2 cm³/mol. The Hall–Kier alpha value is -1.79. The predicted octanol–water partition coefficient (Wildman–Crippen LogP) is 3.28. The van der Waals surface area contributed by atoms with Crippen LogP contribution in [0.4, 0.5) is 13.2 Å². The van der Waals surface area contributed by atoms with E-state index in [1.54, 1.807) is 0 Å². The topological polar surface area (TPSA) is 69.4 Å². The Labute approximate surface area is 133 Å². The quantitative estimate of drug-likeness (QED) is 0.805. The molecule has 0 fully saturated rings. The van der Waals surface area contributed by atoms with Crippen molar-refractivity contribution in [1.29, 1.82) is 0 Å². The summed E-state index contributed by atoms with van der Waals surface area (Å²) in [6.45, 7) is 8.57. The van der Waals surface area contributed by atoms with Crippen molar-refractivity contribution in [1.82, 2.24) is 0 Å². The van der Waals surface area contributed by atoms with Gasteiger partial charge in [-0.3, -0.25) is 9.59 Å². The van der Waals surface area contributed by atoms with Crippen LogP contribution in [0.5, 0.6) is 0 Å². The number of halogens is 3. The van der Waals surface area contributed by atoms with E-state index in [2.05, 4.69) is 0 Å². The number of nitrogens with two attached hydrogens (primary N) is 1. The summed E-state index contributed by atoms with van der Waals surface area (Å²) in [7, 11) is 1.10. The van der Waals surface area contributed by atoms with Gasteiger partial charge in [-0.05, 0) is 17.3 Å². The van der Waals surface area contributed by atoms with Crippen LogP contribution in [-0.2, 0) is 14.3 Å². The standard InChI is InChI=1S/C16H22F3NO3/c1-14(2,3)7-15(4,5)8-9(16(17,18)19)11(21)10(20)13(23-6)12(8)22/h7,20H2,1-6H3. The third kappa shape index (κ3) is 3.76. The van der Waals surface area contributed by atoms with E-state index < -0.39 is 45.8 Å². The molecule has 1 rings (SSSR count). The summed E-state index contributed by atoms with van der Waals surface area (Å²) in [5.41, 5.74) is 0.979. The zero-order valence-corrected chi connectivity index (χ0v) is 14.1. The molecule has 0 atom stereocenters. The number of carbonyl (C=O) groups is 2. The first kappa shape index (κ1) is 19.3. The molecular weight excluding hydrogens is 311 g/mol. The molecule has 0 heterocycles. The Morgan fingerprint density at radius 1 is 0.957 bits per heavy atom. The Balaban J connectivity index is 3.68. The number of methoxy groups -OCH3 is 1. The second-order valence-corrected chi connectivity index (χ2v) is 7.47. The number of ether oxygens (including phenoxy) is 1. The Kier molecular flexibility index (Phi) is 4.76. The molecule has 0 saturated heterocycles. The van der Waals surface area contributed by atoms with Gasteiger partial charge >= 0.3 is 6.18 Å². The minimum atomic E-state index is -4.97. The van der Waals surface area contributed by atoms with Crippen LogP contribution in [0.15, 0.2) is 22.6 Å². The first-order chi connectivity index (χ1) is 10.1. The molecule has 0 amide bonds. The average molecular weight is 333 g/mol. The van der Waals surface area contributed by atoms with Crippen LogP contribution in [0, 0.1) is 10.8 Å². The average Bonchev–Trinajstić information content (AvgIpc) is 2.29. The van der Waals surface area contributed by atoms with E-state index in [-0.39, 0.29) is 11.8 Å². The number of hydrogen-bond donors (Lipinski definition) is 1. The van der Waals surface area contributed by atoms with Crippen molar-refractivity contribution in [3.8, 4) is 0 Å². The lowest BCUT2D eigenvalue weighted by Crippen LogP contribution is -2.40. The van der Waals surface area contributed by atoms with Gasteiger partial charge in [-0.1, -0.05) is 34.6 Å². The first-order valence-electron chi connectivity index (χ1n) is 7.08. The molecule has 0 spiro atoms. The van der Waals surface area contributed by atoms with Crippen LogP contribution in [0.2, 0.25) is 0 Å². The highest BCUT2D eigenvalue weighted by atomic mass is 19.4. The Morgan fingerprint density at radius 3 is 1.78 bits per heavy atom. The summed E-state index contributed by atoms with van der Waals surface area (Å²) in [6, 6.07) is 0. The maximum atomic E-state index is 13.4. The van der Waals surface area contributed by atoms with Crippen molar-refractivity contribution < 1.29 is 27.5 Å². The summed E-state index contributed by atoms with van der Waals surface area (Å²) in [5, 5.41) is 0. The largest absolute Gasteiger partial charge is 0.491 e. The minimum absolute atomic E-state index is 0.269. The summed E-state index contributed by atoms with van der Waals surface area (Å²) >= 11 is 0. The van der Waals surface area contributed by atoms with Gasteiger partial charge < -0.3 is 10.5 Å². The van der Waals surface area contributed by atoms with E-state index in [1.165, 1.54) is 13.8 Å². The third-order valence-electron chi connectivity index (χ3n) is 3.54. The second kappa shape index (κ2) is 5.69. The highest BCUT2D eigenvalue weighted by Gasteiger charge is 2.51. The fourth-order valence-electron chi connectivity index (χ4n) is 3.23. The molecule has 0 bridgehead atoms. The Bertz CT molecular complexity index is 605. The van der Waals surface area contributed by atoms with Gasteiger partial charge in [0.15, 0.2) is 5.76 Å². The fraction of sp³-hybridized carbons (Fsp3) is 0.625. The maximum Gasteiger partial charge on any atom is 0.420 e. The van der Waals surface area contributed by atoms with Gasteiger partial charge in [-0.15, -0.1) is 0 Å². The summed E-state index contributed by atoms with van der Waals surface area (Å²) in [4.78, 5) is 24.6. The van der Waals surface area contributed by atoms with Crippen LogP contribution < -0.4 is 5.73 Å². The van der Waals surface area contributed by atoms with E-state index in [9.17, 15) is 22.8 Å². The summed E-state index contributed by atoms with van der Waals surface area (Å²) in [5.74, 6) is -2.92. The van der Waals surface area contributed by atoms with Crippen molar-refractivity contribution >= 4 is 11.6 Å². The van der Waals surface area contributed by atoms with Gasteiger partial charge in [0.25, 0.3) is 0 Å². The number of Topliss-reactive ketones (excluding diaryl/α,β-unsaturated/α-hetero) is 2. The zero-order valence-electron chi connectivity index (χ0n) is 14.1. The lowest BCUT2D eigenvalue weighted by Gasteiger charge is -2.37. The molecule has 0 radical (unpaired) electrons. The van der Waals surface area contributed by atoms with Crippen LogP contribution in [0.25, 0.3) is 0 Å². The van der Waals surface area contributed by atoms with Gasteiger partial charge in [0, 0.05) is 5.57 Å². The van der Waals surface area contributed by atoms with E-state index in [0.717, 1.165) is 7.11 Å².